The first kappa shape index (κ1) is 9.86. The number of hydrogen-bond acceptors (Lipinski definition) is 5. The third-order valence-electron chi connectivity index (χ3n) is 1.47. The maximum Gasteiger partial charge on any atom is 0.212 e. The molecule has 0 saturated carbocycles. The Morgan fingerprint density at radius 3 is 2.15 bits per heavy atom. The van der Waals surface area contributed by atoms with Gasteiger partial charge in [-0.1, -0.05) is 0 Å². The van der Waals surface area contributed by atoms with Gasteiger partial charge in [0.15, 0.2) is 11.4 Å². The van der Waals surface area contributed by atoms with Crippen molar-refractivity contribution < 1.29 is 26.0 Å². The van der Waals surface area contributed by atoms with Gasteiger partial charge in [0.25, 0.3) is 0 Å². The minimum Gasteiger partial charge on any atom is -0.595 e. The lowest BCUT2D eigenvalue weighted by Gasteiger charge is -2.16. The average molecular weight is 188 g/mol. The number of nitrogens with one attached hydrogen (secondary N) is 2. The first-order valence-electron chi connectivity index (χ1n) is 3.32. The van der Waals surface area contributed by atoms with Crippen LogP contribution in [0.15, 0.2) is 18.2 Å². The van der Waals surface area contributed by atoms with Crippen LogP contribution >= 0.6 is 0 Å². The second kappa shape index (κ2) is 3.66. The summed E-state index contributed by atoms with van der Waals surface area (Å²) in [4.78, 5) is 0. The normalized spacial score (nSPS) is 15.4. The highest BCUT2D eigenvalue weighted by Gasteiger charge is 2.11. The number of benzene rings is 1. The lowest BCUT2D eigenvalue weighted by Crippen LogP contribution is -3.00. The van der Waals surface area contributed by atoms with Gasteiger partial charge in [-0.05, 0) is 6.07 Å². The summed E-state index contributed by atoms with van der Waals surface area (Å²) in [7, 11) is 0. The summed E-state index contributed by atoms with van der Waals surface area (Å²) >= 11 is 0. The van der Waals surface area contributed by atoms with E-state index in [0.717, 1.165) is 18.2 Å². The minimum absolute atomic E-state index is 0.171. The maximum atomic E-state index is 10.4. The lowest BCUT2D eigenvalue weighted by molar-refractivity contribution is -0.996. The summed E-state index contributed by atoms with van der Waals surface area (Å²) in [6.45, 7) is 0. The number of rotatable bonds is 2. The lowest BCUT2D eigenvalue weighted by atomic mass is 10.2. The third-order valence-corrected chi connectivity index (χ3v) is 1.47. The zero-order valence-electron chi connectivity index (χ0n) is 6.39. The molecule has 0 aliphatic heterocycles. The van der Waals surface area contributed by atoms with Crippen LogP contribution in [0.2, 0.25) is 0 Å². The van der Waals surface area contributed by atoms with Crippen molar-refractivity contribution in [1.29, 1.82) is 0 Å². The molecule has 2 atom stereocenters. The molecule has 0 radical (unpaired) electrons. The average Bonchev–Trinajstić information content (AvgIpc) is 2.04. The Morgan fingerprint density at radius 2 is 1.69 bits per heavy atom. The molecule has 1 rings (SSSR count). The van der Waals surface area contributed by atoms with Crippen LogP contribution in [-0.4, -0.2) is 15.5 Å². The smallest absolute Gasteiger partial charge is 0.212 e. The molecule has 13 heavy (non-hydrogen) atoms. The SMILES string of the molecule is [O-][NH+](O)c1ccc(O)c([NH+]([O-])O)c1. The van der Waals surface area contributed by atoms with Crippen molar-refractivity contribution >= 4 is 11.4 Å². The Labute approximate surface area is 72.7 Å². The number of quaternary nitrogens is 2. The number of phenolic OH excluding ortho intramolecular Hbond substituents is 1. The van der Waals surface area contributed by atoms with E-state index >= 15 is 0 Å². The van der Waals surface area contributed by atoms with Gasteiger partial charge in [-0.2, -0.15) is 10.5 Å². The highest BCUT2D eigenvalue weighted by molar-refractivity contribution is 5.51. The Bertz CT molecular complexity index is 301. The van der Waals surface area contributed by atoms with Gasteiger partial charge >= 0.3 is 0 Å². The van der Waals surface area contributed by atoms with Crippen molar-refractivity contribution in [2.24, 2.45) is 0 Å². The fourth-order valence-corrected chi connectivity index (χ4v) is 0.840. The summed E-state index contributed by atoms with van der Waals surface area (Å²) in [6, 6.07) is 3.07. The first-order chi connectivity index (χ1) is 6.02. The molecule has 0 saturated heterocycles. The van der Waals surface area contributed by atoms with E-state index in [2.05, 4.69) is 0 Å². The largest absolute Gasteiger partial charge is 0.595 e. The molecule has 2 unspecified atom stereocenters. The Hall–Kier alpha value is -1.22. The standard InChI is InChI=1S/C6H8N2O5/c9-6-2-1-4(7(10)11)3-5(6)8(12)13/h1-3,7-10,12H. The van der Waals surface area contributed by atoms with Crippen LogP contribution in [-0.2, 0) is 0 Å². The van der Waals surface area contributed by atoms with E-state index in [0.29, 0.717) is 0 Å². The van der Waals surface area contributed by atoms with Gasteiger partial charge in [0.2, 0.25) is 5.69 Å². The Balaban J connectivity index is 3.11. The third kappa shape index (κ3) is 2.12. The van der Waals surface area contributed by atoms with E-state index in [-0.39, 0.29) is 5.69 Å². The zero-order valence-corrected chi connectivity index (χ0v) is 6.39. The molecule has 1 aromatic carbocycles. The second-order valence-corrected chi connectivity index (χ2v) is 2.34. The molecule has 7 heteroatoms. The molecule has 0 aliphatic carbocycles. The zero-order chi connectivity index (χ0) is 10.0. The van der Waals surface area contributed by atoms with Gasteiger partial charge in [0, 0.05) is 6.07 Å². The van der Waals surface area contributed by atoms with Gasteiger partial charge in [0.05, 0.1) is 6.07 Å². The number of phenols is 1. The number of hydrogen-bond donors (Lipinski definition) is 5. The summed E-state index contributed by atoms with van der Waals surface area (Å²) < 4.78 is 0. The van der Waals surface area contributed by atoms with E-state index in [1.54, 1.807) is 0 Å². The van der Waals surface area contributed by atoms with Crippen molar-refractivity contribution in [1.82, 2.24) is 0 Å². The van der Waals surface area contributed by atoms with Crippen molar-refractivity contribution in [3.05, 3.63) is 28.6 Å². The molecule has 5 N–H and O–H groups in total. The van der Waals surface area contributed by atoms with Crippen LogP contribution in [0, 0.1) is 10.4 Å². The van der Waals surface area contributed by atoms with Gasteiger partial charge in [-0.15, -0.1) is 0 Å². The quantitative estimate of drug-likeness (QED) is 0.213. The van der Waals surface area contributed by atoms with Crippen LogP contribution in [0.1, 0.15) is 0 Å². The van der Waals surface area contributed by atoms with Crippen molar-refractivity contribution in [2.45, 2.75) is 0 Å². The molecular formula is C6H8N2O5. The summed E-state index contributed by atoms with van der Waals surface area (Å²) in [5, 5.41) is 44.3. The Kier molecular flexibility index (Phi) is 2.78. The van der Waals surface area contributed by atoms with E-state index < -0.39 is 21.9 Å². The molecule has 72 valence electrons. The first-order valence-corrected chi connectivity index (χ1v) is 3.32. The monoisotopic (exact) mass is 188 g/mol. The fourth-order valence-electron chi connectivity index (χ4n) is 0.840. The van der Waals surface area contributed by atoms with Crippen molar-refractivity contribution in [3.8, 4) is 5.75 Å². The predicted molar refractivity (Wildman–Crippen MR) is 39.7 cm³/mol. The van der Waals surface area contributed by atoms with Crippen LogP contribution < -0.4 is 10.5 Å². The van der Waals surface area contributed by atoms with Crippen LogP contribution in [0.3, 0.4) is 0 Å². The molecule has 0 heterocycles. The van der Waals surface area contributed by atoms with Crippen molar-refractivity contribution in [2.75, 3.05) is 0 Å². The second-order valence-electron chi connectivity index (χ2n) is 2.34. The predicted octanol–water partition coefficient (Wildman–Crippen LogP) is -1.80. The molecule has 1 aromatic rings. The molecule has 0 bridgehead atoms. The number of aromatic hydroxyl groups is 1. The summed E-state index contributed by atoms with van der Waals surface area (Å²) in [5.74, 6) is -0.447. The maximum absolute atomic E-state index is 10.4. The summed E-state index contributed by atoms with van der Waals surface area (Å²) in [6.07, 6.45) is 0. The van der Waals surface area contributed by atoms with E-state index in [1.807, 2.05) is 0 Å². The van der Waals surface area contributed by atoms with Crippen LogP contribution in [0.25, 0.3) is 0 Å². The molecule has 0 aliphatic rings. The fraction of sp³-hybridized carbons (Fsp3) is 0. The van der Waals surface area contributed by atoms with Gasteiger partial charge < -0.3 is 15.5 Å². The highest BCUT2D eigenvalue weighted by Crippen LogP contribution is 2.20. The van der Waals surface area contributed by atoms with Crippen LogP contribution in [0.4, 0.5) is 11.4 Å². The van der Waals surface area contributed by atoms with E-state index in [1.165, 1.54) is 0 Å². The molecule has 7 nitrogen and oxygen atoms in total. The van der Waals surface area contributed by atoms with E-state index in [4.69, 9.17) is 15.5 Å². The highest BCUT2D eigenvalue weighted by atomic mass is 16.8. The van der Waals surface area contributed by atoms with Gasteiger partial charge in [-0.25, -0.2) is 10.4 Å². The topological polar surface area (TPSA) is 116 Å². The molecule has 0 spiro atoms. The molecular weight excluding hydrogens is 180 g/mol. The minimum atomic E-state index is -1.36. The molecule has 0 aromatic heterocycles. The van der Waals surface area contributed by atoms with Crippen LogP contribution in [0.5, 0.6) is 5.75 Å². The van der Waals surface area contributed by atoms with Crippen molar-refractivity contribution in [3.63, 3.8) is 0 Å². The molecule has 0 fully saturated rings. The Morgan fingerprint density at radius 1 is 1.08 bits per heavy atom. The van der Waals surface area contributed by atoms with Gasteiger partial charge in [-0.3, -0.25) is 0 Å². The molecule has 0 amide bonds. The van der Waals surface area contributed by atoms with Gasteiger partial charge in [0.1, 0.15) is 0 Å². The summed E-state index contributed by atoms with van der Waals surface area (Å²) in [5.41, 5.74) is -0.588. The van der Waals surface area contributed by atoms with E-state index in [9.17, 15) is 10.4 Å².